The fourth-order valence-electron chi connectivity index (χ4n) is 2.96. The fourth-order valence-corrected chi connectivity index (χ4v) is 2.96. The molecule has 1 atom stereocenters. The first-order valence-corrected chi connectivity index (χ1v) is 8.58. The van der Waals surface area contributed by atoms with Gasteiger partial charge in [-0.3, -0.25) is 19.8 Å². The number of ether oxygens (including phenoxy) is 1. The maximum atomic E-state index is 12.9. The molecule has 1 unspecified atom stereocenters. The monoisotopic (exact) mass is 387 g/mol. The molecule has 1 aliphatic rings. The van der Waals surface area contributed by atoms with Gasteiger partial charge in [-0.05, 0) is 55.3 Å². The molecule has 1 heterocycles. The zero-order chi connectivity index (χ0) is 20.3. The van der Waals surface area contributed by atoms with Gasteiger partial charge in [-0.15, -0.1) is 0 Å². The molecule has 9 heteroatoms. The minimum Gasteiger partial charge on any atom is -0.494 e. The third-order valence-corrected chi connectivity index (χ3v) is 4.54. The topological polar surface area (TPSA) is 102 Å². The smallest absolute Gasteiger partial charge is 0.325 e. The second kappa shape index (κ2) is 7.63. The number of carbonyl (C=O) groups is 2. The predicted molar refractivity (Wildman–Crippen MR) is 97.2 cm³/mol. The maximum absolute atomic E-state index is 12.9. The van der Waals surface area contributed by atoms with E-state index in [1.54, 1.807) is 6.92 Å². The minimum absolute atomic E-state index is 0.0982. The van der Waals surface area contributed by atoms with Gasteiger partial charge < -0.3 is 10.1 Å². The van der Waals surface area contributed by atoms with Crippen LogP contribution in [0.1, 0.15) is 18.9 Å². The number of rotatable bonds is 7. The zero-order valence-electron chi connectivity index (χ0n) is 15.1. The van der Waals surface area contributed by atoms with Gasteiger partial charge in [0.1, 0.15) is 17.1 Å². The average molecular weight is 387 g/mol. The second-order valence-corrected chi connectivity index (χ2v) is 6.47. The van der Waals surface area contributed by atoms with Gasteiger partial charge in [0.25, 0.3) is 11.6 Å². The number of nitrogens with one attached hydrogen (secondary N) is 1. The summed E-state index contributed by atoms with van der Waals surface area (Å²) in [5.41, 5.74) is -0.926. The first-order chi connectivity index (χ1) is 13.3. The number of nitro benzene ring substituents is 1. The van der Waals surface area contributed by atoms with Crippen LogP contribution in [-0.4, -0.2) is 34.9 Å². The first-order valence-electron chi connectivity index (χ1n) is 8.58. The van der Waals surface area contributed by atoms with Crippen LogP contribution < -0.4 is 10.1 Å². The quantitative estimate of drug-likeness (QED) is 0.341. The van der Waals surface area contributed by atoms with Gasteiger partial charge in [0.05, 0.1) is 11.5 Å². The molecule has 1 fully saturated rings. The summed E-state index contributed by atoms with van der Waals surface area (Å²) in [7, 11) is 0. The standard InChI is InChI=1S/C19H18FN3O5/c1-19(13-3-7-15(8-4-13)23(26)27)17(24)22(18(25)21-19)11-2-12-28-16-9-5-14(20)6-10-16/h3-10H,2,11-12H2,1H3,(H,21,25). The van der Waals surface area contributed by atoms with Crippen LogP contribution in [0, 0.1) is 15.9 Å². The largest absolute Gasteiger partial charge is 0.494 e. The van der Waals surface area contributed by atoms with E-state index in [0.29, 0.717) is 17.7 Å². The number of amides is 3. The molecule has 0 aromatic heterocycles. The van der Waals surface area contributed by atoms with Crippen molar-refractivity contribution in [2.45, 2.75) is 18.9 Å². The van der Waals surface area contributed by atoms with E-state index in [2.05, 4.69) is 5.32 Å². The summed E-state index contributed by atoms with van der Waals surface area (Å²) < 4.78 is 18.3. The highest BCUT2D eigenvalue weighted by Gasteiger charge is 2.48. The number of imide groups is 1. The van der Waals surface area contributed by atoms with Gasteiger partial charge in [0.2, 0.25) is 0 Å². The third-order valence-electron chi connectivity index (χ3n) is 4.54. The van der Waals surface area contributed by atoms with Crippen molar-refractivity contribution in [3.05, 3.63) is 70.0 Å². The van der Waals surface area contributed by atoms with E-state index in [4.69, 9.17) is 4.74 Å². The number of nitrogens with zero attached hydrogens (tertiary/aromatic N) is 2. The molecule has 2 aromatic carbocycles. The lowest BCUT2D eigenvalue weighted by atomic mass is 9.92. The first kappa shape index (κ1) is 19.3. The van der Waals surface area contributed by atoms with E-state index in [1.807, 2.05) is 0 Å². The molecule has 28 heavy (non-hydrogen) atoms. The number of hydrogen-bond acceptors (Lipinski definition) is 5. The zero-order valence-corrected chi connectivity index (χ0v) is 15.1. The Bertz CT molecular complexity index is 901. The summed E-state index contributed by atoms with van der Waals surface area (Å²) in [5.74, 6) is -0.306. The van der Waals surface area contributed by atoms with E-state index in [-0.39, 0.29) is 24.7 Å². The van der Waals surface area contributed by atoms with Crippen molar-refractivity contribution in [2.24, 2.45) is 0 Å². The molecule has 146 valence electrons. The maximum Gasteiger partial charge on any atom is 0.325 e. The normalized spacial score (nSPS) is 18.9. The highest BCUT2D eigenvalue weighted by atomic mass is 19.1. The summed E-state index contributed by atoms with van der Waals surface area (Å²) in [5, 5.41) is 13.4. The van der Waals surface area contributed by atoms with Gasteiger partial charge in [0, 0.05) is 18.7 Å². The Morgan fingerprint density at radius 2 is 1.79 bits per heavy atom. The molecule has 0 bridgehead atoms. The molecule has 3 rings (SSSR count). The van der Waals surface area contributed by atoms with Gasteiger partial charge in [-0.2, -0.15) is 0 Å². The van der Waals surface area contributed by atoms with Crippen molar-refractivity contribution in [3.8, 4) is 5.75 Å². The number of halogens is 1. The van der Waals surface area contributed by atoms with Crippen LogP contribution in [0.3, 0.4) is 0 Å². The number of urea groups is 1. The Hall–Kier alpha value is -3.49. The molecule has 3 amide bonds. The number of nitro groups is 1. The van der Waals surface area contributed by atoms with Gasteiger partial charge in [0.15, 0.2) is 0 Å². The van der Waals surface area contributed by atoms with Crippen LogP contribution >= 0.6 is 0 Å². The average Bonchev–Trinajstić information content (AvgIpc) is 2.90. The van der Waals surface area contributed by atoms with E-state index in [1.165, 1.54) is 48.5 Å². The van der Waals surface area contributed by atoms with Crippen molar-refractivity contribution in [3.63, 3.8) is 0 Å². The van der Waals surface area contributed by atoms with Crippen LogP contribution in [0.25, 0.3) is 0 Å². The van der Waals surface area contributed by atoms with Crippen LogP contribution in [0.15, 0.2) is 48.5 Å². The molecular weight excluding hydrogens is 369 g/mol. The second-order valence-electron chi connectivity index (χ2n) is 6.47. The van der Waals surface area contributed by atoms with Crippen molar-refractivity contribution in [1.29, 1.82) is 0 Å². The van der Waals surface area contributed by atoms with Crippen LogP contribution in [0.2, 0.25) is 0 Å². The van der Waals surface area contributed by atoms with E-state index in [9.17, 15) is 24.1 Å². The van der Waals surface area contributed by atoms with Crippen molar-refractivity contribution < 1.29 is 23.6 Å². The fraction of sp³-hybridized carbons (Fsp3) is 0.263. The van der Waals surface area contributed by atoms with E-state index in [0.717, 1.165) is 4.90 Å². The van der Waals surface area contributed by atoms with E-state index >= 15 is 0 Å². The molecule has 0 saturated carbocycles. The molecule has 0 spiro atoms. The lowest BCUT2D eigenvalue weighted by molar-refractivity contribution is -0.384. The molecule has 8 nitrogen and oxygen atoms in total. The van der Waals surface area contributed by atoms with Gasteiger partial charge >= 0.3 is 6.03 Å². The summed E-state index contributed by atoms with van der Waals surface area (Å²) in [6.45, 7) is 1.95. The number of benzene rings is 2. The molecular formula is C19H18FN3O5. The predicted octanol–water partition coefficient (Wildman–Crippen LogP) is 2.97. The highest BCUT2D eigenvalue weighted by Crippen LogP contribution is 2.30. The molecule has 0 aliphatic carbocycles. The number of non-ortho nitro benzene ring substituents is 1. The van der Waals surface area contributed by atoms with Crippen molar-refractivity contribution in [2.75, 3.05) is 13.2 Å². The Labute approximate surface area is 160 Å². The Kier molecular flexibility index (Phi) is 5.25. The Balaban J connectivity index is 1.60. The van der Waals surface area contributed by atoms with Gasteiger partial charge in [-0.25, -0.2) is 9.18 Å². The van der Waals surface area contributed by atoms with Crippen LogP contribution in [-0.2, 0) is 10.3 Å². The van der Waals surface area contributed by atoms with Crippen molar-refractivity contribution >= 4 is 17.6 Å². The summed E-state index contributed by atoms with van der Waals surface area (Å²) in [6.07, 6.45) is 0.396. The third kappa shape index (κ3) is 3.78. The summed E-state index contributed by atoms with van der Waals surface area (Å²) >= 11 is 0. The highest BCUT2D eigenvalue weighted by molar-refractivity contribution is 6.07. The molecule has 0 radical (unpaired) electrons. The van der Waals surface area contributed by atoms with Crippen molar-refractivity contribution in [1.82, 2.24) is 10.2 Å². The lowest BCUT2D eigenvalue weighted by Gasteiger charge is -2.22. The van der Waals surface area contributed by atoms with Gasteiger partial charge in [-0.1, -0.05) is 0 Å². The molecule has 2 aromatic rings. The lowest BCUT2D eigenvalue weighted by Crippen LogP contribution is -2.41. The van der Waals surface area contributed by atoms with Crippen LogP contribution in [0.5, 0.6) is 5.75 Å². The van der Waals surface area contributed by atoms with Crippen LogP contribution in [0.4, 0.5) is 14.9 Å². The Morgan fingerprint density at radius 3 is 2.39 bits per heavy atom. The summed E-state index contributed by atoms with van der Waals surface area (Å²) in [4.78, 5) is 36.4. The Morgan fingerprint density at radius 1 is 1.14 bits per heavy atom. The molecule has 1 saturated heterocycles. The molecule has 1 N–H and O–H groups in total. The summed E-state index contributed by atoms with van der Waals surface area (Å²) in [6, 6.07) is 10.5. The molecule has 1 aliphatic heterocycles. The SMILES string of the molecule is CC1(c2ccc([N+](=O)[O-])cc2)NC(=O)N(CCCOc2ccc(F)cc2)C1=O. The minimum atomic E-state index is -1.29. The number of hydrogen-bond donors (Lipinski definition) is 1. The number of carbonyl (C=O) groups excluding carboxylic acids is 2. The van der Waals surface area contributed by atoms with E-state index < -0.39 is 22.4 Å².